The zero-order chi connectivity index (χ0) is 13.3. The highest BCUT2D eigenvalue weighted by Crippen LogP contribution is 2.34. The molecule has 0 saturated carbocycles. The highest BCUT2D eigenvalue weighted by molar-refractivity contribution is 6.03. The molecular weight excluding hydrogens is 220 g/mol. The number of hydrogen-bond donors (Lipinski definition) is 0. The fourth-order valence-corrected chi connectivity index (χ4v) is 2.41. The Morgan fingerprint density at radius 1 is 1.17 bits per heavy atom. The second-order valence-electron chi connectivity index (χ2n) is 5.15. The van der Waals surface area contributed by atoms with E-state index in [-0.39, 0.29) is 5.78 Å². The Hall–Kier alpha value is -1.63. The predicted molar refractivity (Wildman–Crippen MR) is 76.5 cm³/mol. The largest absolute Gasteiger partial charge is 0.294 e. The lowest BCUT2D eigenvalue weighted by atomic mass is 10.0. The van der Waals surface area contributed by atoms with Crippen LogP contribution in [0.25, 0.3) is 11.1 Å². The van der Waals surface area contributed by atoms with E-state index in [1.54, 1.807) is 6.92 Å². The van der Waals surface area contributed by atoms with Gasteiger partial charge in [-0.05, 0) is 47.6 Å². The molecule has 18 heavy (non-hydrogen) atoms. The molecule has 0 fully saturated rings. The summed E-state index contributed by atoms with van der Waals surface area (Å²) in [7, 11) is 0. The van der Waals surface area contributed by atoms with Crippen LogP contribution in [0.15, 0.2) is 30.3 Å². The average molecular weight is 240 g/mol. The van der Waals surface area contributed by atoms with Crippen molar-refractivity contribution in [1.82, 2.24) is 0 Å². The number of ketones is 1. The molecule has 0 amide bonds. The summed E-state index contributed by atoms with van der Waals surface area (Å²) in [5.41, 5.74) is 5.73. The van der Waals surface area contributed by atoms with Gasteiger partial charge in [0.05, 0.1) is 0 Å². The van der Waals surface area contributed by atoms with Crippen LogP contribution >= 0.6 is 0 Å². The molecular formula is C17H20O. The topological polar surface area (TPSA) is 17.1 Å². The number of Topliss-reactive ketones (excluding diaryl/α,β-unsaturated/α-hetero) is 1. The van der Waals surface area contributed by atoms with E-state index in [1.165, 1.54) is 16.7 Å². The first kappa shape index (κ1) is 12.8. The van der Waals surface area contributed by atoms with Gasteiger partial charge >= 0.3 is 0 Å². The van der Waals surface area contributed by atoms with Crippen LogP contribution in [0.1, 0.15) is 55.1 Å². The molecule has 94 valence electrons. The van der Waals surface area contributed by atoms with E-state index in [9.17, 15) is 4.79 Å². The van der Waals surface area contributed by atoms with Gasteiger partial charge in [-0.1, -0.05) is 45.0 Å². The third kappa shape index (κ3) is 2.17. The van der Waals surface area contributed by atoms with Gasteiger partial charge in [0.15, 0.2) is 5.78 Å². The van der Waals surface area contributed by atoms with Crippen molar-refractivity contribution in [2.24, 2.45) is 0 Å². The SMILES string of the molecule is CCc1cc(C(C)=O)c2cc(C(C)C)cccc1-2. The standard InChI is InChI=1S/C17H20O/c1-5-13-9-16(12(4)18)17-10-14(11(2)3)7-6-8-15(13)17/h6-11H,5H2,1-4H3. The van der Waals surface area contributed by atoms with Crippen LogP contribution in [0, 0.1) is 0 Å². The van der Waals surface area contributed by atoms with Crippen LogP contribution in [-0.4, -0.2) is 5.78 Å². The molecule has 0 unspecified atom stereocenters. The Labute approximate surface area is 109 Å². The predicted octanol–water partition coefficient (Wildman–Crippen LogP) is 4.68. The van der Waals surface area contributed by atoms with Crippen molar-refractivity contribution < 1.29 is 4.79 Å². The Kier molecular flexibility index (Phi) is 3.51. The summed E-state index contributed by atoms with van der Waals surface area (Å²) in [6.45, 7) is 8.14. The number of carbonyl (C=O) groups excluding carboxylic acids is 1. The molecule has 0 heterocycles. The van der Waals surface area contributed by atoms with Crippen molar-refractivity contribution in [2.45, 2.75) is 40.0 Å². The number of rotatable bonds is 3. The van der Waals surface area contributed by atoms with E-state index >= 15 is 0 Å². The highest BCUT2D eigenvalue weighted by Gasteiger charge is 2.17. The van der Waals surface area contributed by atoms with Gasteiger partial charge in [-0.3, -0.25) is 4.79 Å². The van der Waals surface area contributed by atoms with Crippen LogP contribution in [0.3, 0.4) is 0 Å². The van der Waals surface area contributed by atoms with Gasteiger partial charge in [0, 0.05) is 5.56 Å². The van der Waals surface area contributed by atoms with Crippen molar-refractivity contribution in [3.8, 4) is 11.1 Å². The maximum atomic E-state index is 11.8. The first-order valence-corrected chi connectivity index (χ1v) is 6.61. The van der Waals surface area contributed by atoms with E-state index in [2.05, 4.69) is 51.1 Å². The van der Waals surface area contributed by atoms with Crippen LogP contribution in [0.4, 0.5) is 0 Å². The minimum Gasteiger partial charge on any atom is -0.294 e. The van der Waals surface area contributed by atoms with Crippen LogP contribution in [0.5, 0.6) is 0 Å². The normalized spacial score (nSPS) is 11.2. The molecule has 0 aliphatic heterocycles. The third-order valence-corrected chi connectivity index (χ3v) is 3.53. The Morgan fingerprint density at radius 2 is 1.89 bits per heavy atom. The lowest BCUT2D eigenvalue weighted by Gasteiger charge is -2.04. The van der Waals surface area contributed by atoms with Gasteiger partial charge in [-0.25, -0.2) is 0 Å². The number of carbonyl (C=O) groups is 1. The van der Waals surface area contributed by atoms with E-state index in [0.717, 1.165) is 17.5 Å². The zero-order valence-electron chi connectivity index (χ0n) is 11.6. The van der Waals surface area contributed by atoms with Crippen molar-refractivity contribution in [3.63, 3.8) is 0 Å². The molecule has 1 nitrogen and oxygen atoms in total. The smallest absolute Gasteiger partial charge is 0.160 e. The summed E-state index contributed by atoms with van der Waals surface area (Å²) in [5.74, 6) is 0.626. The second-order valence-corrected chi connectivity index (χ2v) is 5.15. The number of fused-ring (bicyclic) bond motifs is 1. The average Bonchev–Trinajstić information content (AvgIpc) is 2.52. The summed E-state index contributed by atoms with van der Waals surface area (Å²) in [4.78, 5) is 11.8. The molecule has 2 aliphatic carbocycles. The fraction of sp³-hybridized carbons (Fsp3) is 0.353. The van der Waals surface area contributed by atoms with Gasteiger partial charge in [0.25, 0.3) is 0 Å². The molecule has 0 aromatic rings. The minimum atomic E-state index is 0.153. The molecule has 0 saturated heterocycles. The van der Waals surface area contributed by atoms with Gasteiger partial charge < -0.3 is 0 Å². The van der Waals surface area contributed by atoms with Crippen molar-refractivity contribution >= 4 is 5.78 Å². The lowest BCUT2D eigenvalue weighted by Crippen LogP contribution is -1.91. The first-order chi connectivity index (χ1) is 8.54. The molecule has 0 aromatic heterocycles. The Balaban J connectivity index is 2.72. The van der Waals surface area contributed by atoms with Gasteiger partial charge in [0.1, 0.15) is 0 Å². The summed E-state index contributed by atoms with van der Waals surface area (Å²) in [6.07, 6.45) is 0.963. The summed E-state index contributed by atoms with van der Waals surface area (Å²) in [6, 6.07) is 10.6. The molecule has 0 atom stereocenters. The fourth-order valence-electron chi connectivity index (χ4n) is 2.41. The summed E-state index contributed by atoms with van der Waals surface area (Å²) < 4.78 is 0. The van der Waals surface area contributed by atoms with E-state index in [1.807, 2.05) is 0 Å². The Bertz CT molecular complexity index is 552. The molecule has 2 rings (SSSR count). The molecule has 1 heteroatoms. The van der Waals surface area contributed by atoms with Gasteiger partial charge in [0.2, 0.25) is 0 Å². The first-order valence-electron chi connectivity index (χ1n) is 6.61. The number of hydrogen-bond acceptors (Lipinski definition) is 1. The Morgan fingerprint density at radius 3 is 2.44 bits per heavy atom. The van der Waals surface area contributed by atoms with Gasteiger partial charge in [-0.15, -0.1) is 0 Å². The quantitative estimate of drug-likeness (QED) is 0.712. The lowest BCUT2D eigenvalue weighted by molar-refractivity contribution is 0.101. The third-order valence-electron chi connectivity index (χ3n) is 3.53. The molecule has 0 bridgehead atoms. The summed E-state index contributed by atoms with van der Waals surface area (Å²) in [5, 5.41) is 0. The monoisotopic (exact) mass is 240 g/mol. The van der Waals surface area contributed by atoms with E-state index in [4.69, 9.17) is 0 Å². The van der Waals surface area contributed by atoms with Crippen molar-refractivity contribution in [2.75, 3.05) is 0 Å². The van der Waals surface area contributed by atoms with Crippen LogP contribution < -0.4 is 0 Å². The van der Waals surface area contributed by atoms with E-state index < -0.39 is 0 Å². The minimum absolute atomic E-state index is 0.153. The van der Waals surface area contributed by atoms with E-state index in [0.29, 0.717) is 5.92 Å². The molecule has 0 radical (unpaired) electrons. The molecule has 2 aliphatic rings. The maximum absolute atomic E-state index is 11.8. The second kappa shape index (κ2) is 4.93. The molecule has 0 N–H and O–H groups in total. The maximum Gasteiger partial charge on any atom is 0.160 e. The summed E-state index contributed by atoms with van der Waals surface area (Å²) >= 11 is 0. The van der Waals surface area contributed by atoms with Crippen LogP contribution in [-0.2, 0) is 6.42 Å². The molecule has 0 spiro atoms. The van der Waals surface area contributed by atoms with Crippen LogP contribution in [0.2, 0.25) is 0 Å². The van der Waals surface area contributed by atoms with Crippen molar-refractivity contribution in [1.29, 1.82) is 0 Å². The van der Waals surface area contributed by atoms with Crippen molar-refractivity contribution in [3.05, 3.63) is 47.0 Å². The zero-order valence-corrected chi connectivity index (χ0v) is 11.6. The number of aryl methyl sites for hydroxylation is 1. The molecule has 0 aromatic carbocycles. The van der Waals surface area contributed by atoms with Gasteiger partial charge in [-0.2, -0.15) is 0 Å². The highest BCUT2D eigenvalue weighted by atomic mass is 16.1.